The molecule has 0 atom stereocenters. The second-order valence-electron chi connectivity index (χ2n) is 3.75. The summed E-state index contributed by atoms with van der Waals surface area (Å²) in [4.78, 5) is 0. The number of hydrogen-bond donors (Lipinski definition) is 1. The van der Waals surface area contributed by atoms with Gasteiger partial charge in [0.15, 0.2) is 0 Å². The highest BCUT2D eigenvalue weighted by Gasteiger charge is 2.25. The van der Waals surface area contributed by atoms with Crippen LogP contribution in [0.1, 0.15) is 13.3 Å². The van der Waals surface area contributed by atoms with Crippen molar-refractivity contribution in [2.75, 3.05) is 24.0 Å². The highest BCUT2D eigenvalue weighted by Crippen LogP contribution is 2.22. The zero-order valence-electron chi connectivity index (χ0n) is 9.72. The lowest BCUT2D eigenvalue weighted by atomic mass is 10.3. The van der Waals surface area contributed by atoms with Crippen LogP contribution in [0, 0.1) is 0 Å². The minimum atomic E-state index is -3.36. The Balaban J connectivity index is 2.21. The topological polar surface area (TPSA) is 58.6 Å². The molecule has 17 heavy (non-hydrogen) atoms. The fourth-order valence-corrected chi connectivity index (χ4v) is 3.09. The Morgan fingerprint density at radius 1 is 1.35 bits per heavy atom. The number of rotatable bonds is 3. The molecule has 1 aromatic rings. The van der Waals surface area contributed by atoms with Crippen LogP contribution in [0.2, 0.25) is 0 Å². The van der Waals surface area contributed by atoms with Gasteiger partial charge >= 0.3 is 10.2 Å². The minimum Gasteiger partial charge on any atom is -0.494 e. The molecule has 0 amide bonds. The van der Waals surface area contributed by atoms with E-state index in [9.17, 15) is 8.42 Å². The lowest BCUT2D eigenvalue weighted by Gasteiger charge is -2.28. The Hall–Kier alpha value is -1.27. The highest BCUT2D eigenvalue weighted by atomic mass is 32.2. The van der Waals surface area contributed by atoms with Gasteiger partial charge in [-0.2, -0.15) is 13.1 Å². The number of hydrogen-bond acceptors (Lipinski definition) is 3. The largest absolute Gasteiger partial charge is 0.494 e. The lowest BCUT2D eigenvalue weighted by Crippen LogP contribution is -2.47. The third kappa shape index (κ3) is 2.70. The van der Waals surface area contributed by atoms with Crippen molar-refractivity contribution < 1.29 is 13.2 Å². The van der Waals surface area contributed by atoms with Gasteiger partial charge in [0, 0.05) is 13.1 Å². The van der Waals surface area contributed by atoms with Gasteiger partial charge < -0.3 is 4.74 Å². The van der Waals surface area contributed by atoms with E-state index in [0.717, 1.165) is 12.2 Å². The zero-order valence-corrected chi connectivity index (χ0v) is 10.5. The fraction of sp³-hybridized carbons (Fsp3) is 0.455. The second kappa shape index (κ2) is 4.93. The van der Waals surface area contributed by atoms with Gasteiger partial charge in [-0.25, -0.2) is 0 Å². The molecule has 0 unspecified atom stereocenters. The zero-order chi connectivity index (χ0) is 12.3. The molecule has 0 bridgehead atoms. The van der Waals surface area contributed by atoms with Crippen LogP contribution < -0.4 is 13.8 Å². The summed E-state index contributed by atoms with van der Waals surface area (Å²) in [7, 11) is -3.36. The van der Waals surface area contributed by atoms with Crippen LogP contribution in [0.3, 0.4) is 0 Å². The van der Waals surface area contributed by atoms with E-state index in [1.807, 2.05) is 6.92 Å². The van der Waals surface area contributed by atoms with Crippen molar-refractivity contribution in [3.8, 4) is 5.75 Å². The van der Waals surface area contributed by atoms with E-state index in [1.54, 1.807) is 24.3 Å². The van der Waals surface area contributed by atoms with Gasteiger partial charge in [-0.3, -0.25) is 4.31 Å². The van der Waals surface area contributed by atoms with Crippen molar-refractivity contribution in [3.05, 3.63) is 24.3 Å². The molecule has 1 fully saturated rings. The lowest BCUT2D eigenvalue weighted by molar-refractivity contribution is 0.340. The molecule has 1 saturated heterocycles. The Morgan fingerprint density at radius 2 is 2.06 bits per heavy atom. The number of anilines is 1. The van der Waals surface area contributed by atoms with Crippen LogP contribution in [-0.2, 0) is 10.2 Å². The molecule has 1 aliphatic rings. The van der Waals surface area contributed by atoms with Crippen molar-refractivity contribution in [2.45, 2.75) is 13.3 Å². The monoisotopic (exact) mass is 256 g/mol. The molecule has 1 N–H and O–H groups in total. The standard InChI is InChI=1S/C11H16N2O3S/c1-2-16-11-6-4-10(5-7-11)13-9-3-8-12-17(13,14)15/h4-7,12H,2-3,8-9H2,1H3. The Bertz CT molecular complexity index is 470. The number of benzene rings is 1. The minimum absolute atomic E-state index is 0.510. The molecule has 5 nitrogen and oxygen atoms in total. The predicted octanol–water partition coefficient (Wildman–Crippen LogP) is 1.13. The first-order chi connectivity index (χ1) is 8.13. The van der Waals surface area contributed by atoms with Crippen molar-refractivity contribution in [3.63, 3.8) is 0 Å². The second-order valence-corrected chi connectivity index (χ2v) is 5.43. The fourth-order valence-electron chi connectivity index (χ4n) is 1.77. The average molecular weight is 256 g/mol. The van der Waals surface area contributed by atoms with Crippen LogP contribution >= 0.6 is 0 Å². The Morgan fingerprint density at radius 3 is 2.65 bits per heavy atom. The van der Waals surface area contributed by atoms with Gasteiger partial charge in [0.25, 0.3) is 0 Å². The highest BCUT2D eigenvalue weighted by molar-refractivity contribution is 7.90. The summed E-state index contributed by atoms with van der Waals surface area (Å²) in [5, 5.41) is 0. The summed E-state index contributed by atoms with van der Waals surface area (Å²) in [5.74, 6) is 0.749. The maximum atomic E-state index is 11.8. The molecule has 2 rings (SSSR count). The van der Waals surface area contributed by atoms with Crippen LogP contribution in [-0.4, -0.2) is 28.1 Å². The smallest absolute Gasteiger partial charge is 0.301 e. The summed E-state index contributed by atoms with van der Waals surface area (Å²) in [5.41, 5.74) is 0.667. The SMILES string of the molecule is CCOc1ccc(N2CCCNS2(=O)=O)cc1. The van der Waals surface area contributed by atoms with E-state index < -0.39 is 10.2 Å². The normalized spacial score (nSPS) is 19.0. The number of ether oxygens (including phenoxy) is 1. The van der Waals surface area contributed by atoms with Crippen LogP contribution in [0.25, 0.3) is 0 Å². The average Bonchev–Trinajstić information content (AvgIpc) is 2.30. The molecule has 6 heteroatoms. The molecule has 1 heterocycles. The first kappa shape index (κ1) is 12.2. The van der Waals surface area contributed by atoms with Crippen molar-refractivity contribution in [2.24, 2.45) is 0 Å². The first-order valence-corrected chi connectivity index (χ1v) is 7.07. The molecular weight excluding hydrogens is 240 g/mol. The molecule has 1 aromatic carbocycles. The molecule has 94 valence electrons. The van der Waals surface area contributed by atoms with Crippen LogP contribution in [0.4, 0.5) is 5.69 Å². The van der Waals surface area contributed by atoms with E-state index >= 15 is 0 Å². The molecule has 0 spiro atoms. The Labute approximate surface area is 102 Å². The summed E-state index contributed by atoms with van der Waals surface area (Å²) >= 11 is 0. The van der Waals surface area contributed by atoms with Gasteiger partial charge in [-0.15, -0.1) is 0 Å². The molecule has 0 radical (unpaired) electrons. The van der Waals surface area contributed by atoms with Crippen LogP contribution in [0.15, 0.2) is 24.3 Å². The maximum absolute atomic E-state index is 11.8. The number of nitrogens with zero attached hydrogens (tertiary/aromatic N) is 1. The van der Waals surface area contributed by atoms with Gasteiger partial charge in [0.1, 0.15) is 5.75 Å². The predicted molar refractivity (Wildman–Crippen MR) is 66.5 cm³/mol. The van der Waals surface area contributed by atoms with Gasteiger partial charge in [-0.1, -0.05) is 0 Å². The van der Waals surface area contributed by atoms with E-state index in [-0.39, 0.29) is 0 Å². The first-order valence-electron chi connectivity index (χ1n) is 5.63. The molecule has 0 aromatic heterocycles. The van der Waals surface area contributed by atoms with E-state index in [4.69, 9.17) is 4.74 Å². The third-order valence-electron chi connectivity index (χ3n) is 2.55. The van der Waals surface area contributed by atoms with Crippen molar-refractivity contribution in [1.82, 2.24) is 4.72 Å². The molecular formula is C11H16N2O3S. The van der Waals surface area contributed by atoms with E-state index in [1.165, 1.54) is 4.31 Å². The number of nitrogens with one attached hydrogen (secondary N) is 1. The molecule has 0 saturated carbocycles. The molecule has 0 aliphatic carbocycles. The summed E-state index contributed by atoms with van der Waals surface area (Å²) < 4.78 is 32.8. The summed E-state index contributed by atoms with van der Waals surface area (Å²) in [6.45, 7) is 3.54. The molecule has 1 aliphatic heterocycles. The van der Waals surface area contributed by atoms with Crippen molar-refractivity contribution >= 4 is 15.9 Å². The quantitative estimate of drug-likeness (QED) is 0.882. The summed E-state index contributed by atoms with van der Waals surface area (Å²) in [6.07, 6.45) is 0.812. The van der Waals surface area contributed by atoms with E-state index in [2.05, 4.69) is 4.72 Å². The van der Waals surface area contributed by atoms with Gasteiger partial charge in [-0.05, 0) is 37.6 Å². The van der Waals surface area contributed by atoms with Gasteiger partial charge in [0.05, 0.1) is 12.3 Å². The van der Waals surface area contributed by atoms with Gasteiger partial charge in [0.2, 0.25) is 0 Å². The van der Waals surface area contributed by atoms with Crippen LogP contribution in [0.5, 0.6) is 5.75 Å². The van der Waals surface area contributed by atoms with Crippen molar-refractivity contribution in [1.29, 1.82) is 0 Å². The Kier molecular flexibility index (Phi) is 3.54. The maximum Gasteiger partial charge on any atom is 0.301 e. The van der Waals surface area contributed by atoms with E-state index in [0.29, 0.717) is 25.4 Å². The summed E-state index contributed by atoms with van der Waals surface area (Å²) in [6, 6.07) is 7.08. The third-order valence-corrected chi connectivity index (χ3v) is 4.09.